The average Bonchev–Trinajstić information content (AvgIpc) is 2.48. The highest BCUT2D eigenvalue weighted by Crippen LogP contribution is 2.35. The smallest absolute Gasteiger partial charge is 0.232 e. The van der Waals surface area contributed by atoms with Gasteiger partial charge in [0.2, 0.25) is 0 Å². The minimum Gasteiger partial charge on any atom is -0.232 e. The molecule has 7 heteroatoms. The largest absolute Gasteiger partial charge is 0.254 e. The van der Waals surface area contributed by atoms with Crippen LogP contribution in [0.1, 0.15) is 13.8 Å². The van der Waals surface area contributed by atoms with Crippen molar-refractivity contribution in [2.75, 3.05) is 13.1 Å². The minimum atomic E-state index is -3.35. The summed E-state index contributed by atoms with van der Waals surface area (Å²) in [6, 6.07) is 0. The van der Waals surface area contributed by atoms with E-state index in [-0.39, 0.29) is 14.1 Å². The number of aromatic nitrogens is 1. The van der Waals surface area contributed by atoms with E-state index >= 15 is 0 Å². The second-order valence-electron chi connectivity index (χ2n) is 4.37. The number of hydrogen-bond donors (Lipinski definition) is 0. The molecule has 0 saturated carbocycles. The van der Waals surface area contributed by atoms with Gasteiger partial charge in [0.15, 0.2) is 8.68 Å². The number of thiazole rings is 1. The van der Waals surface area contributed by atoms with Crippen LogP contribution in [-0.4, -0.2) is 30.8 Å². The van der Waals surface area contributed by atoms with Gasteiger partial charge in [0.05, 0.1) is 6.20 Å². The van der Waals surface area contributed by atoms with Crippen molar-refractivity contribution in [3.8, 4) is 0 Å². The number of hydrogen-bond acceptors (Lipinski definition) is 4. The van der Waals surface area contributed by atoms with E-state index in [1.165, 1.54) is 10.5 Å². The zero-order valence-corrected chi connectivity index (χ0v) is 10.8. The first-order chi connectivity index (χ1) is 6.81. The summed E-state index contributed by atoms with van der Waals surface area (Å²) >= 11 is 6.61. The summed E-state index contributed by atoms with van der Waals surface area (Å²) in [6.07, 6.45) is 1.31. The summed E-state index contributed by atoms with van der Waals surface area (Å²) in [5, 5.41) is 0. The minimum absolute atomic E-state index is 0.0849. The van der Waals surface area contributed by atoms with Crippen molar-refractivity contribution >= 4 is 33.0 Å². The van der Waals surface area contributed by atoms with Crippen molar-refractivity contribution in [3.05, 3.63) is 10.7 Å². The Morgan fingerprint density at radius 3 is 2.53 bits per heavy atom. The van der Waals surface area contributed by atoms with E-state index in [1.54, 1.807) is 0 Å². The van der Waals surface area contributed by atoms with Crippen molar-refractivity contribution in [2.24, 2.45) is 5.41 Å². The Morgan fingerprint density at radius 1 is 1.53 bits per heavy atom. The van der Waals surface area contributed by atoms with E-state index in [1.807, 2.05) is 13.8 Å². The Bertz CT molecular complexity index is 473. The highest BCUT2D eigenvalue weighted by molar-refractivity contribution is 7.91. The summed E-state index contributed by atoms with van der Waals surface area (Å²) in [4.78, 5) is 3.74. The van der Waals surface area contributed by atoms with Crippen LogP contribution in [0, 0.1) is 5.41 Å². The monoisotopic (exact) mass is 266 g/mol. The molecule has 0 amide bonds. The normalized spacial score (nSPS) is 21.3. The van der Waals surface area contributed by atoms with Gasteiger partial charge in [-0.25, -0.2) is 13.4 Å². The van der Waals surface area contributed by atoms with Crippen LogP contribution in [0.3, 0.4) is 0 Å². The van der Waals surface area contributed by atoms with Gasteiger partial charge >= 0.3 is 0 Å². The van der Waals surface area contributed by atoms with Gasteiger partial charge in [-0.1, -0.05) is 36.8 Å². The first-order valence-electron chi connectivity index (χ1n) is 4.43. The van der Waals surface area contributed by atoms with Crippen molar-refractivity contribution in [3.63, 3.8) is 0 Å². The molecule has 15 heavy (non-hydrogen) atoms. The van der Waals surface area contributed by atoms with Gasteiger partial charge in [-0.15, -0.1) is 0 Å². The van der Waals surface area contributed by atoms with Gasteiger partial charge < -0.3 is 0 Å². The van der Waals surface area contributed by atoms with Crippen LogP contribution in [-0.2, 0) is 10.0 Å². The molecule has 0 radical (unpaired) electrons. The molecular weight excluding hydrogens is 256 g/mol. The first kappa shape index (κ1) is 11.3. The van der Waals surface area contributed by atoms with Crippen LogP contribution in [0.5, 0.6) is 0 Å². The maximum absolute atomic E-state index is 12.0. The SMILES string of the molecule is CC1(C)CN(S(=O)(=O)c2cnc(Cl)s2)C1. The lowest BCUT2D eigenvalue weighted by atomic mass is 9.87. The van der Waals surface area contributed by atoms with Crippen LogP contribution in [0.15, 0.2) is 10.4 Å². The zero-order chi connectivity index (χ0) is 11.3. The number of rotatable bonds is 2. The quantitative estimate of drug-likeness (QED) is 0.821. The van der Waals surface area contributed by atoms with E-state index in [9.17, 15) is 8.42 Å². The van der Waals surface area contributed by atoms with Gasteiger partial charge in [0, 0.05) is 13.1 Å². The van der Waals surface area contributed by atoms with Crippen LogP contribution in [0.25, 0.3) is 0 Å². The molecule has 84 valence electrons. The third-order valence-corrected chi connectivity index (χ3v) is 5.60. The molecule has 0 aromatic carbocycles. The molecule has 0 aliphatic carbocycles. The molecule has 4 nitrogen and oxygen atoms in total. The van der Waals surface area contributed by atoms with Gasteiger partial charge in [-0.2, -0.15) is 4.31 Å². The summed E-state index contributed by atoms with van der Waals surface area (Å²) in [5.74, 6) is 0. The van der Waals surface area contributed by atoms with Crippen molar-refractivity contribution in [1.29, 1.82) is 0 Å². The molecule has 1 fully saturated rings. The highest BCUT2D eigenvalue weighted by Gasteiger charge is 2.42. The lowest BCUT2D eigenvalue weighted by Gasteiger charge is -2.44. The van der Waals surface area contributed by atoms with Gasteiger partial charge in [0.1, 0.15) is 0 Å². The average molecular weight is 267 g/mol. The molecule has 2 rings (SSSR count). The summed E-state index contributed by atoms with van der Waals surface area (Å²) in [6.45, 7) is 5.20. The molecule has 1 aromatic heterocycles. The fourth-order valence-corrected chi connectivity index (χ4v) is 4.83. The van der Waals surface area contributed by atoms with E-state index < -0.39 is 10.0 Å². The molecule has 0 unspecified atom stereocenters. The number of nitrogens with zero attached hydrogens (tertiary/aromatic N) is 2. The van der Waals surface area contributed by atoms with Crippen molar-refractivity contribution in [1.82, 2.24) is 9.29 Å². The van der Waals surface area contributed by atoms with E-state index in [0.29, 0.717) is 13.1 Å². The second kappa shape index (κ2) is 3.41. The Morgan fingerprint density at radius 2 is 2.13 bits per heavy atom. The maximum Gasteiger partial charge on any atom is 0.254 e. The van der Waals surface area contributed by atoms with E-state index in [4.69, 9.17) is 11.6 Å². The van der Waals surface area contributed by atoms with Crippen LogP contribution >= 0.6 is 22.9 Å². The Kier molecular flexibility index (Phi) is 2.57. The molecular formula is C8H11ClN2O2S2. The summed E-state index contributed by atoms with van der Waals surface area (Å²) in [5.41, 5.74) is 0.0849. The van der Waals surface area contributed by atoms with Gasteiger partial charge in [0.25, 0.3) is 10.0 Å². The van der Waals surface area contributed by atoms with E-state index in [0.717, 1.165) is 11.3 Å². The second-order valence-corrected chi connectivity index (χ2v) is 8.15. The molecule has 1 saturated heterocycles. The molecule has 1 aliphatic heterocycles. The fraction of sp³-hybridized carbons (Fsp3) is 0.625. The van der Waals surface area contributed by atoms with Gasteiger partial charge in [-0.05, 0) is 5.41 Å². The summed E-state index contributed by atoms with van der Waals surface area (Å²) in [7, 11) is -3.35. The van der Waals surface area contributed by atoms with Crippen LogP contribution in [0.2, 0.25) is 4.47 Å². The van der Waals surface area contributed by atoms with Crippen LogP contribution in [0.4, 0.5) is 0 Å². The zero-order valence-electron chi connectivity index (χ0n) is 8.40. The maximum atomic E-state index is 12.0. The molecule has 0 N–H and O–H groups in total. The fourth-order valence-electron chi connectivity index (χ4n) is 1.56. The van der Waals surface area contributed by atoms with Crippen LogP contribution < -0.4 is 0 Å². The molecule has 0 spiro atoms. The lowest BCUT2D eigenvalue weighted by Crippen LogP contribution is -2.55. The summed E-state index contributed by atoms with van der Waals surface area (Å²) < 4.78 is 25.8. The molecule has 1 aromatic rings. The van der Waals surface area contributed by atoms with Crippen molar-refractivity contribution < 1.29 is 8.42 Å². The Hall–Kier alpha value is -0.170. The highest BCUT2D eigenvalue weighted by atomic mass is 35.5. The van der Waals surface area contributed by atoms with E-state index in [2.05, 4.69) is 4.98 Å². The standard InChI is InChI=1S/C8H11ClN2O2S2/c1-8(2)4-11(5-8)15(12,13)6-3-10-7(9)14-6/h3H,4-5H2,1-2H3. The molecule has 0 bridgehead atoms. The number of halogens is 1. The lowest BCUT2D eigenvalue weighted by molar-refractivity contribution is 0.111. The topological polar surface area (TPSA) is 50.3 Å². The predicted octanol–water partition coefficient (Wildman–Crippen LogP) is 1.83. The Labute approximate surface area is 97.9 Å². The van der Waals surface area contributed by atoms with Gasteiger partial charge in [-0.3, -0.25) is 0 Å². The third kappa shape index (κ3) is 2.04. The first-order valence-corrected chi connectivity index (χ1v) is 7.06. The molecule has 2 heterocycles. The Balaban J connectivity index is 2.23. The molecule has 1 aliphatic rings. The van der Waals surface area contributed by atoms with Crippen molar-refractivity contribution in [2.45, 2.75) is 18.1 Å². The molecule has 0 atom stereocenters. The predicted molar refractivity (Wildman–Crippen MR) is 59.7 cm³/mol. The third-order valence-electron chi connectivity index (χ3n) is 2.26. The number of sulfonamides is 1.